The van der Waals surface area contributed by atoms with Crippen LogP contribution in [0.5, 0.6) is 0 Å². The molecule has 1 aliphatic rings. The quantitative estimate of drug-likeness (QED) is 0.792. The van der Waals surface area contributed by atoms with E-state index in [9.17, 15) is 9.59 Å². The molecule has 0 aromatic carbocycles. The van der Waals surface area contributed by atoms with Gasteiger partial charge in [-0.25, -0.2) is 4.79 Å². The monoisotopic (exact) mass is 298 g/mol. The van der Waals surface area contributed by atoms with Crippen LogP contribution in [0.1, 0.15) is 53.4 Å². The van der Waals surface area contributed by atoms with Gasteiger partial charge in [-0.3, -0.25) is 4.79 Å². The highest BCUT2D eigenvalue weighted by Crippen LogP contribution is 2.23. The van der Waals surface area contributed by atoms with Gasteiger partial charge in [-0.05, 0) is 43.9 Å². The van der Waals surface area contributed by atoms with E-state index in [1.165, 1.54) is 6.42 Å². The Balaban J connectivity index is 2.50. The van der Waals surface area contributed by atoms with E-state index in [1.54, 1.807) is 0 Å². The van der Waals surface area contributed by atoms with E-state index in [2.05, 4.69) is 33.0 Å². The number of carbonyl (C=O) groups is 2. The second kappa shape index (κ2) is 8.25. The van der Waals surface area contributed by atoms with Gasteiger partial charge < -0.3 is 15.3 Å². The van der Waals surface area contributed by atoms with Gasteiger partial charge in [0, 0.05) is 25.6 Å². The number of nitrogens with one attached hydrogen (secondary N) is 1. The SMILES string of the molecule is CC(C)CC(CNC(=O)N1CCCC(C)C1C)CC(=O)O. The van der Waals surface area contributed by atoms with E-state index >= 15 is 0 Å². The lowest BCUT2D eigenvalue weighted by atomic mass is 9.92. The lowest BCUT2D eigenvalue weighted by Gasteiger charge is -2.38. The van der Waals surface area contributed by atoms with Gasteiger partial charge in [0.05, 0.1) is 0 Å². The number of aliphatic carboxylic acids is 1. The molecule has 0 spiro atoms. The zero-order chi connectivity index (χ0) is 16.0. The van der Waals surface area contributed by atoms with Crippen molar-refractivity contribution in [2.45, 2.75) is 59.4 Å². The summed E-state index contributed by atoms with van der Waals surface area (Å²) < 4.78 is 0. The summed E-state index contributed by atoms with van der Waals surface area (Å²) in [5.41, 5.74) is 0. The van der Waals surface area contributed by atoms with Gasteiger partial charge in [0.2, 0.25) is 0 Å². The number of nitrogens with zero attached hydrogens (tertiary/aromatic N) is 1. The smallest absolute Gasteiger partial charge is 0.317 e. The molecule has 5 nitrogen and oxygen atoms in total. The van der Waals surface area contributed by atoms with E-state index in [4.69, 9.17) is 5.11 Å². The van der Waals surface area contributed by atoms with Crippen LogP contribution in [0, 0.1) is 17.8 Å². The molecule has 3 atom stereocenters. The van der Waals surface area contributed by atoms with E-state index in [1.807, 2.05) is 4.90 Å². The number of hydrogen-bond donors (Lipinski definition) is 2. The predicted molar refractivity (Wildman–Crippen MR) is 83.2 cm³/mol. The summed E-state index contributed by atoms with van der Waals surface area (Å²) in [6.45, 7) is 9.66. The fourth-order valence-corrected chi connectivity index (χ4v) is 3.11. The third kappa shape index (κ3) is 5.94. The first kappa shape index (κ1) is 17.8. The van der Waals surface area contributed by atoms with Gasteiger partial charge in [0.1, 0.15) is 0 Å². The third-order valence-electron chi connectivity index (χ3n) is 4.44. The number of rotatable bonds is 6. The molecule has 5 heteroatoms. The zero-order valence-electron chi connectivity index (χ0n) is 13.8. The average Bonchev–Trinajstić information content (AvgIpc) is 2.37. The molecule has 0 aliphatic carbocycles. The molecule has 2 amide bonds. The number of hydrogen-bond acceptors (Lipinski definition) is 2. The molecule has 0 bridgehead atoms. The minimum atomic E-state index is -0.796. The van der Waals surface area contributed by atoms with E-state index in [0.717, 1.165) is 19.4 Å². The minimum Gasteiger partial charge on any atom is -0.481 e. The Bertz CT molecular complexity index is 357. The highest BCUT2D eigenvalue weighted by atomic mass is 16.4. The molecule has 0 aromatic rings. The number of amides is 2. The molecule has 2 N–H and O–H groups in total. The Morgan fingerprint density at radius 2 is 2.00 bits per heavy atom. The van der Waals surface area contributed by atoms with Crippen molar-refractivity contribution in [2.24, 2.45) is 17.8 Å². The molecule has 1 saturated heterocycles. The maximum atomic E-state index is 12.3. The summed E-state index contributed by atoms with van der Waals surface area (Å²) in [4.78, 5) is 25.1. The third-order valence-corrected chi connectivity index (χ3v) is 4.44. The van der Waals surface area contributed by atoms with Crippen molar-refractivity contribution in [3.63, 3.8) is 0 Å². The molecule has 1 fully saturated rings. The number of piperidine rings is 1. The molecular formula is C16H30N2O3. The summed E-state index contributed by atoms with van der Waals surface area (Å²) >= 11 is 0. The molecule has 1 aliphatic heterocycles. The molecule has 0 radical (unpaired) electrons. The van der Waals surface area contributed by atoms with Gasteiger partial charge in [-0.2, -0.15) is 0 Å². The van der Waals surface area contributed by atoms with Gasteiger partial charge in [-0.1, -0.05) is 20.8 Å². The Morgan fingerprint density at radius 1 is 1.33 bits per heavy atom. The van der Waals surface area contributed by atoms with Gasteiger partial charge >= 0.3 is 12.0 Å². The molecule has 1 rings (SSSR count). The van der Waals surface area contributed by atoms with Crippen molar-refractivity contribution in [2.75, 3.05) is 13.1 Å². The Hall–Kier alpha value is -1.26. The fraction of sp³-hybridized carbons (Fsp3) is 0.875. The Kier molecular flexibility index (Phi) is 6.99. The lowest BCUT2D eigenvalue weighted by Crippen LogP contribution is -2.51. The summed E-state index contributed by atoms with van der Waals surface area (Å²) in [5.74, 6) is 0.161. The van der Waals surface area contributed by atoms with Gasteiger partial charge in [0.15, 0.2) is 0 Å². The van der Waals surface area contributed by atoms with Crippen LogP contribution in [0.25, 0.3) is 0 Å². The van der Waals surface area contributed by atoms with Crippen LogP contribution in [0.3, 0.4) is 0 Å². The predicted octanol–water partition coefficient (Wildman–Crippen LogP) is 2.95. The average molecular weight is 298 g/mol. The van der Waals surface area contributed by atoms with Crippen molar-refractivity contribution in [1.82, 2.24) is 10.2 Å². The molecule has 0 aromatic heterocycles. The molecule has 21 heavy (non-hydrogen) atoms. The van der Waals surface area contributed by atoms with Crippen LogP contribution in [0.4, 0.5) is 4.79 Å². The molecular weight excluding hydrogens is 268 g/mol. The van der Waals surface area contributed by atoms with Crippen LogP contribution >= 0.6 is 0 Å². The summed E-state index contributed by atoms with van der Waals surface area (Å²) in [6, 6.07) is 0.204. The fourth-order valence-electron chi connectivity index (χ4n) is 3.11. The normalized spacial score (nSPS) is 24.0. The highest BCUT2D eigenvalue weighted by Gasteiger charge is 2.28. The van der Waals surface area contributed by atoms with Crippen molar-refractivity contribution >= 4 is 12.0 Å². The van der Waals surface area contributed by atoms with Crippen molar-refractivity contribution in [3.05, 3.63) is 0 Å². The Morgan fingerprint density at radius 3 is 2.57 bits per heavy atom. The summed E-state index contributed by atoms with van der Waals surface area (Å²) in [7, 11) is 0. The van der Waals surface area contributed by atoms with E-state index in [-0.39, 0.29) is 24.4 Å². The maximum Gasteiger partial charge on any atom is 0.317 e. The largest absolute Gasteiger partial charge is 0.481 e. The first-order chi connectivity index (χ1) is 9.81. The topological polar surface area (TPSA) is 69.6 Å². The van der Waals surface area contributed by atoms with Crippen LogP contribution < -0.4 is 5.32 Å². The Labute approximate surface area is 128 Å². The molecule has 0 saturated carbocycles. The highest BCUT2D eigenvalue weighted by molar-refractivity contribution is 5.74. The van der Waals surface area contributed by atoms with Crippen LogP contribution in [-0.4, -0.2) is 41.1 Å². The number of likely N-dealkylation sites (tertiary alicyclic amines) is 1. The standard InChI is InChI=1S/C16H30N2O3/c1-11(2)8-14(9-15(19)20)10-17-16(21)18-7-5-6-12(3)13(18)4/h11-14H,5-10H2,1-4H3,(H,17,21)(H,19,20). The van der Waals surface area contributed by atoms with Crippen molar-refractivity contribution in [3.8, 4) is 0 Å². The van der Waals surface area contributed by atoms with Crippen LogP contribution in [0.2, 0.25) is 0 Å². The second-order valence-electron chi connectivity index (χ2n) is 6.83. The second-order valence-corrected chi connectivity index (χ2v) is 6.83. The number of carboxylic acids is 1. The number of urea groups is 1. The van der Waals surface area contributed by atoms with Crippen molar-refractivity contribution in [1.29, 1.82) is 0 Å². The number of carboxylic acid groups (broad SMARTS) is 1. The molecule has 1 heterocycles. The first-order valence-corrected chi connectivity index (χ1v) is 8.07. The van der Waals surface area contributed by atoms with Gasteiger partial charge in [0.25, 0.3) is 0 Å². The van der Waals surface area contributed by atoms with E-state index in [0.29, 0.717) is 18.4 Å². The number of carbonyl (C=O) groups excluding carboxylic acids is 1. The zero-order valence-corrected chi connectivity index (χ0v) is 13.8. The lowest BCUT2D eigenvalue weighted by molar-refractivity contribution is -0.138. The van der Waals surface area contributed by atoms with Gasteiger partial charge in [-0.15, -0.1) is 0 Å². The summed E-state index contributed by atoms with van der Waals surface area (Å²) in [5, 5.41) is 11.9. The minimum absolute atomic E-state index is 0.00368. The van der Waals surface area contributed by atoms with Crippen LogP contribution in [-0.2, 0) is 4.79 Å². The van der Waals surface area contributed by atoms with Crippen LogP contribution in [0.15, 0.2) is 0 Å². The molecule has 3 unspecified atom stereocenters. The first-order valence-electron chi connectivity index (χ1n) is 8.07. The van der Waals surface area contributed by atoms with Crippen molar-refractivity contribution < 1.29 is 14.7 Å². The molecule has 122 valence electrons. The summed E-state index contributed by atoms with van der Waals surface area (Å²) in [6.07, 6.45) is 3.15. The van der Waals surface area contributed by atoms with E-state index < -0.39 is 5.97 Å². The maximum absolute atomic E-state index is 12.3.